The number of ether oxygens (including phenoxy) is 1. The van der Waals surface area contributed by atoms with Crippen molar-refractivity contribution < 1.29 is 27.6 Å². The zero-order valence-electron chi connectivity index (χ0n) is 16.7. The monoisotopic (exact) mass is 437 g/mol. The lowest BCUT2D eigenvalue weighted by Crippen LogP contribution is -2.41. The van der Waals surface area contributed by atoms with Gasteiger partial charge in [-0.15, -0.1) is 0 Å². The van der Waals surface area contributed by atoms with E-state index in [1.54, 1.807) is 24.4 Å². The molecule has 2 aliphatic rings. The summed E-state index contributed by atoms with van der Waals surface area (Å²) in [5.41, 5.74) is 0.0124. The Hall–Kier alpha value is -2.43. The summed E-state index contributed by atoms with van der Waals surface area (Å²) >= 11 is 5.82. The average Bonchev–Trinajstić information content (AvgIpc) is 3.12. The molecule has 7 nitrogen and oxygen atoms in total. The van der Waals surface area contributed by atoms with E-state index in [1.807, 2.05) is 27.7 Å². The number of halogens is 3. The third kappa shape index (κ3) is 4.83. The van der Waals surface area contributed by atoms with Gasteiger partial charge in [-0.2, -0.15) is 18.8 Å². The summed E-state index contributed by atoms with van der Waals surface area (Å²) in [5, 5.41) is 0.679. The van der Waals surface area contributed by atoms with Gasteiger partial charge in [-0.1, -0.05) is 17.7 Å². The van der Waals surface area contributed by atoms with E-state index in [4.69, 9.17) is 20.9 Å². The Labute approximate surface area is 176 Å². The smallest absolute Gasteiger partial charge is 0.433 e. The van der Waals surface area contributed by atoms with Crippen molar-refractivity contribution in [3.8, 4) is 5.75 Å². The third-order valence-corrected chi connectivity index (χ3v) is 5.19. The normalized spacial score (nSPS) is 18.3. The number of amides is 2. The van der Waals surface area contributed by atoms with Crippen LogP contribution in [-0.4, -0.2) is 35.9 Å². The highest BCUT2D eigenvalue weighted by Gasteiger charge is 2.51. The molecule has 2 aromatic rings. The minimum Gasteiger partial charge on any atom is -0.433 e. The van der Waals surface area contributed by atoms with Gasteiger partial charge in [-0.25, -0.2) is 9.78 Å². The van der Waals surface area contributed by atoms with Crippen molar-refractivity contribution in [3.63, 3.8) is 0 Å². The van der Waals surface area contributed by atoms with Crippen LogP contribution in [0, 0.1) is 0 Å². The van der Waals surface area contributed by atoms with Crippen molar-refractivity contribution in [2.45, 2.75) is 45.5 Å². The molecule has 30 heavy (non-hydrogen) atoms. The van der Waals surface area contributed by atoms with Crippen LogP contribution < -0.4 is 21.0 Å². The number of rotatable bonds is 3. The molecule has 2 aliphatic heterocycles. The van der Waals surface area contributed by atoms with Crippen molar-refractivity contribution in [1.82, 2.24) is 4.98 Å². The minimum absolute atomic E-state index is 0.0890. The first-order valence-electron chi connectivity index (χ1n) is 9.01. The van der Waals surface area contributed by atoms with Crippen LogP contribution >= 0.6 is 11.6 Å². The molecule has 1 saturated heterocycles. The van der Waals surface area contributed by atoms with E-state index in [1.165, 1.54) is 12.1 Å². The molecule has 4 rings (SSSR count). The fraction of sp³-hybridized carbons (Fsp3) is 0.368. The van der Waals surface area contributed by atoms with Crippen LogP contribution in [0.4, 0.5) is 13.6 Å². The summed E-state index contributed by atoms with van der Waals surface area (Å²) in [6.45, 7) is 4.74. The van der Waals surface area contributed by atoms with Gasteiger partial charge in [0.25, 0.3) is 0 Å². The predicted octanol–water partition coefficient (Wildman–Crippen LogP) is 2.70. The molecule has 2 amide bonds. The molecule has 0 atom stereocenters. The molecule has 1 aromatic carbocycles. The molecule has 11 heteroatoms. The summed E-state index contributed by atoms with van der Waals surface area (Å²) in [4.78, 5) is 21.5. The summed E-state index contributed by atoms with van der Waals surface area (Å²) < 4.78 is 40.7. The zero-order chi connectivity index (χ0) is 22.1. The number of nitrogens with zero attached hydrogens (tertiary/aromatic N) is 3. The number of carbonyl (C=O) groups excluding carboxylic acids is 1. The van der Waals surface area contributed by atoms with Crippen LogP contribution in [0.5, 0.6) is 5.75 Å². The number of alkyl halides is 2. The molecule has 0 bridgehead atoms. The topological polar surface area (TPSA) is 82.4 Å². The van der Waals surface area contributed by atoms with Crippen LogP contribution in [0.2, 0.25) is 5.02 Å². The first-order valence-corrected chi connectivity index (χ1v) is 9.39. The van der Waals surface area contributed by atoms with Crippen molar-refractivity contribution >= 4 is 30.2 Å². The zero-order valence-corrected chi connectivity index (χ0v) is 17.5. The van der Waals surface area contributed by atoms with Crippen LogP contribution in [0.25, 0.3) is 0 Å². The third-order valence-electron chi connectivity index (χ3n) is 4.88. The Balaban J connectivity index is 0.000000212. The number of hydrogen-bond donors (Lipinski definition) is 0. The van der Waals surface area contributed by atoms with Gasteiger partial charge in [0.1, 0.15) is 11.1 Å². The molecule has 0 saturated carbocycles. The van der Waals surface area contributed by atoms with Gasteiger partial charge in [0.05, 0.1) is 16.2 Å². The fourth-order valence-electron chi connectivity index (χ4n) is 2.61. The van der Waals surface area contributed by atoms with E-state index >= 15 is 0 Å². The Morgan fingerprint density at radius 3 is 2.37 bits per heavy atom. The van der Waals surface area contributed by atoms with Crippen molar-refractivity contribution in [1.29, 1.82) is 0 Å². The number of benzene rings is 1. The SMILES string of the molecule is CC1(C)OB(c2ccc(Cl)c(OC(F)F)c2)OC1(C)C.O=C1N=c2cccnc2=N1. The number of urea groups is 1. The molecule has 3 heterocycles. The molecule has 158 valence electrons. The van der Waals surface area contributed by atoms with Gasteiger partial charge in [-0.05, 0) is 57.4 Å². The summed E-state index contributed by atoms with van der Waals surface area (Å²) in [6.07, 6.45) is 1.58. The first kappa shape index (κ1) is 22.3. The molecule has 0 unspecified atom stereocenters. The molecule has 0 spiro atoms. The number of pyridine rings is 1. The second-order valence-corrected chi connectivity index (χ2v) is 7.92. The molecular formula is C19H19BClF2N3O4. The lowest BCUT2D eigenvalue weighted by atomic mass is 9.79. The van der Waals surface area contributed by atoms with Crippen molar-refractivity contribution in [3.05, 3.63) is 52.4 Å². The summed E-state index contributed by atoms with van der Waals surface area (Å²) in [6, 6.07) is 7.53. The summed E-state index contributed by atoms with van der Waals surface area (Å²) in [7, 11) is -0.641. The minimum atomic E-state index is -2.93. The van der Waals surface area contributed by atoms with E-state index in [2.05, 4.69) is 19.7 Å². The molecule has 0 aliphatic carbocycles. The second-order valence-electron chi connectivity index (χ2n) is 7.51. The Morgan fingerprint density at radius 1 is 1.10 bits per heavy atom. The fourth-order valence-corrected chi connectivity index (χ4v) is 2.77. The number of carbonyl (C=O) groups is 1. The van der Waals surface area contributed by atoms with Gasteiger partial charge in [0, 0.05) is 6.20 Å². The highest BCUT2D eigenvalue weighted by atomic mass is 35.5. The van der Waals surface area contributed by atoms with Crippen molar-refractivity contribution in [2.24, 2.45) is 9.98 Å². The molecule has 0 N–H and O–H groups in total. The van der Waals surface area contributed by atoms with E-state index in [9.17, 15) is 13.6 Å². The number of fused-ring (bicyclic) bond motifs is 1. The van der Waals surface area contributed by atoms with Crippen LogP contribution in [0.3, 0.4) is 0 Å². The Morgan fingerprint density at radius 2 is 1.77 bits per heavy atom. The van der Waals surface area contributed by atoms with E-state index in [0.29, 0.717) is 16.3 Å². The lowest BCUT2D eigenvalue weighted by molar-refractivity contribution is -0.0497. The quantitative estimate of drug-likeness (QED) is 0.690. The number of hydrogen-bond acceptors (Lipinski definition) is 5. The second kappa shape index (κ2) is 8.37. The van der Waals surface area contributed by atoms with Crippen LogP contribution in [0.1, 0.15) is 27.7 Å². The standard InChI is InChI=1S/C13H16BClF2O3.C6H3N3O/c1-12(2)13(3,4)20-14(19-12)8-5-6-9(15)10(7-8)18-11(16)17;10-6-8-4-2-1-3-7-5(4)9-6/h5-7,11H,1-4H3;1-3H. The number of aromatic nitrogens is 1. The maximum absolute atomic E-state index is 12.3. The van der Waals surface area contributed by atoms with Gasteiger partial charge in [0.15, 0.2) is 5.49 Å². The highest BCUT2D eigenvalue weighted by Crippen LogP contribution is 2.37. The Bertz CT molecular complexity index is 1030. The molecule has 1 aromatic heterocycles. The Kier molecular flexibility index (Phi) is 6.21. The van der Waals surface area contributed by atoms with E-state index in [-0.39, 0.29) is 10.8 Å². The average molecular weight is 438 g/mol. The van der Waals surface area contributed by atoms with Gasteiger partial charge >= 0.3 is 19.8 Å². The summed E-state index contributed by atoms with van der Waals surface area (Å²) in [5.74, 6) is -0.0890. The molecular weight excluding hydrogens is 418 g/mol. The maximum atomic E-state index is 12.3. The van der Waals surface area contributed by atoms with Gasteiger partial charge in [0.2, 0.25) is 0 Å². The highest BCUT2D eigenvalue weighted by molar-refractivity contribution is 6.62. The predicted molar refractivity (Wildman–Crippen MR) is 106 cm³/mol. The van der Waals surface area contributed by atoms with Crippen LogP contribution in [0.15, 0.2) is 46.5 Å². The van der Waals surface area contributed by atoms with Gasteiger partial charge < -0.3 is 14.0 Å². The van der Waals surface area contributed by atoms with E-state index in [0.717, 1.165) is 0 Å². The van der Waals surface area contributed by atoms with Crippen molar-refractivity contribution in [2.75, 3.05) is 0 Å². The molecule has 0 radical (unpaired) electrons. The lowest BCUT2D eigenvalue weighted by Gasteiger charge is -2.32. The maximum Gasteiger partial charge on any atom is 0.494 e. The molecule has 1 fully saturated rings. The van der Waals surface area contributed by atoms with Crippen LogP contribution in [-0.2, 0) is 9.31 Å². The first-order chi connectivity index (χ1) is 14.0. The largest absolute Gasteiger partial charge is 0.494 e. The van der Waals surface area contributed by atoms with E-state index < -0.39 is 31.0 Å². The van der Waals surface area contributed by atoms with Gasteiger partial charge in [-0.3, -0.25) is 0 Å².